The molecule has 1 heterocycles. The number of hydrogen-bond acceptors (Lipinski definition) is 2. The summed E-state index contributed by atoms with van der Waals surface area (Å²) in [6.07, 6.45) is 2.54. The topological polar surface area (TPSA) is 29.3 Å². The molecule has 0 bridgehead atoms. The van der Waals surface area contributed by atoms with Gasteiger partial charge in [-0.2, -0.15) is 0 Å². The predicted molar refractivity (Wildman–Crippen MR) is 82.9 cm³/mol. The highest BCUT2D eigenvalue weighted by Gasteiger charge is 2.42. The van der Waals surface area contributed by atoms with E-state index < -0.39 is 0 Å². The molecule has 0 amide bonds. The largest absolute Gasteiger partial charge is 0.327 e. The Morgan fingerprint density at radius 2 is 1.89 bits per heavy atom. The number of rotatable bonds is 2. The van der Waals surface area contributed by atoms with Crippen LogP contribution in [0, 0.1) is 11.8 Å². The van der Waals surface area contributed by atoms with Crippen LogP contribution in [0.25, 0.3) is 0 Å². The van der Waals surface area contributed by atoms with Crippen molar-refractivity contribution >= 4 is 24.0 Å². The normalized spacial score (nSPS) is 31.8. The van der Waals surface area contributed by atoms with Crippen LogP contribution in [-0.2, 0) is 0 Å². The summed E-state index contributed by atoms with van der Waals surface area (Å²) in [5.41, 5.74) is 7.55. The molecule has 1 aliphatic heterocycles. The number of fused-ring (bicyclic) bond motifs is 1. The second-order valence-electron chi connectivity index (χ2n) is 5.85. The lowest BCUT2D eigenvalue weighted by Crippen LogP contribution is -2.31. The minimum Gasteiger partial charge on any atom is -0.327 e. The van der Waals surface area contributed by atoms with Crippen molar-refractivity contribution < 1.29 is 0 Å². The van der Waals surface area contributed by atoms with Crippen molar-refractivity contribution in [3.8, 4) is 0 Å². The quantitative estimate of drug-likeness (QED) is 0.906. The van der Waals surface area contributed by atoms with Gasteiger partial charge in [-0.3, -0.25) is 4.90 Å². The molecule has 1 aromatic carbocycles. The Kier molecular flexibility index (Phi) is 4.78. The summed E-state index contributed by atoms with van der Waals surface area (Å²) >= 11 is 5.94. The number of nitrogens with zero attached hydrogens (tertiary/aromatic N) is 1. The van der Waals surface area contributed by atoms with E-state index in [-0.39, 0.29) is 12.4 Å². The van der Waals surface area contributed by atoms with Crippen molar-refractivity contribution in [3.63, 3.8) is 0 Å². The van der Waals surface area contributed by atoms with Crippen molar-refractivity contribution in [2.75, 3.05) is 13.1 Å². The molecule has 4 atom stereocenters. The lowest BCUT2D eigenvalue weighted by atomic mass is 9.98. The first-order valence-electron chi connectivity index (χ1n) is 6.90. The van der Waals surface area contributed by atoms with Crippen LogP contribution in [0.1, 0.15) is 31.4 Å². The molecule has 1 aliphatic carbocycles. The minimum atomic E-state index is 0. The van der Waals surface area contributed by atoms with Crippen LogP contribution in [0.2, 0.25) is 5.02 Å². The number of benzene rings is 1. The summed E-state index contributed by atoms with van der Waals surface area (Å²) in [7, 11) is 0. The van der Waals surface area contributed by atoms with Crippen molar-refractivity contribution in [2.45, 2.75) is 31.8 Å². The molecule has 0 spiro atoms. The molecule has 1 saturated heterocycles. The zero-order valence-corrected chi connectivity index (χ0v) is 12.8. The summed E-state index contributed by atoms with van der Waals surface area (Å²) in [4.78, 5) is 2.58. The molecule has 2 N–H and O–H groups in total. The van der Waals surface area contributed by atoms with Gasteiger partial charge in [0, 0.05) is 30.2 Å². The third-order valence-electron chi connectivity index (χ3n) is 4.84. The first kappa shape index (κ1) is 15.1. The molecule has 2 nitrogen and oxygen atoms in total. The fourth-order valence-electron chi connectivity index (χ4n) is 3.61. The van der Waals surface area contributed by atoms with E-state index in [0.717, 1.165) is 23.4 Å². The molecule has 2 aliphatic rings. The van der Waals surface area contributed by atoms with Crippen LogP contribution in [0.3, 0.4) is 0 Å². The number of nitrogens with two attached hydrogens (primary N) is 1. The number of halogens is 2. The van der Waals surface area contributed by atoms with Gasteiger partial charge in [-0.1, -0.05) is 23.7 Å². The Morgan fingerprint density at radius 3 is 2.53 bits per heavy atom. The van der Waals surface area contributed by atoms with Crippen LogP contribution in [0.4, 0.5) is 0 Å². The fourth-order valence-corrected chi connectivity index (χ4v) is 3.74. The predicted octanol–water partition coefficient (Wildman–Crippen LogP) is 3.49. The van der Waals surface area contributed by atoms with E-state index in [0.29, 0.717) is 12.1 Å². The van der Waals surface area contributed by atoms with Crippen LogP contribution < -0.4 is 5.73 Å². The molecular formula is C15H22Cl2N2. The molecule has 1 aromatic rings. The maximum atomic E-state index is 6.20. The average Bonchev–Trinajstić information content (AvgIpc) is 2.92. The Balaban J connectivity index is 0.00000133. The van der Waals surface area contributed by atoms with E-state index in [9.17, 15) is 0 Å². The Hall–Kier alpha value is -0.280. The molecule has 2 fully saturated rings. The van der Waals surface area contributed by atoms with Gasteiger partial charge in [0.2, 0.25) is 0 Å². The lowest BCUT2D eigenvalue weighted by molar-refractivity contribution is 0.239. The molecule has 1 saturated carbocycles. The van der Waals surface area contributed by atoms with E-state index in [1.807, 2.05) is 12.1 Å². The van der Waals surface area contributed by atoms with E-state index >= 15 is 0 Å². The molecule has 4 unspecified atom stereocenters. The summed E-state index contributed by atoms with van der Waals surface area (Å²) < 4.78 is 0. The Morgan fingerprint density at radius 1 is 1.21 bits per heavy atom. The highest BCUT2D eigenvalue weighted by Crippen LogP contribution is 2.40. The standard InChI is InChI=1S/C15H21ClN2.ClH/c1-10(11-2-5-13(16)6-3-11)18-8-12-4-7-15(17)14(12)9-18;/h2-3,5-6,10,12,14-15H,4,7-9,17H2,1H3;1H. The maximum Gasteiger partial charge on any atom is 0.0406 e. The zero-order chi connectivity index (χ0) is 12.7. The average molecular weight is 301 g/mol. The summed E-state index contributed by atoms with van der Waals surface area (Å²) in [5, 5.41) is 0.811. The van der Waals surface area contributed by atoms with Gasteiger partial charge in [0.1, 0.15) is 0 Å². The van der Waals surface area contributed by atoms with Gasteiger partial charge >= 0.3 is 0 Å². The van der Waals surface area contributed by atoms with Crippen LogP contribution in [0.15, 0.2) is 24.3 Å². The third-order valence-corrected chi connectivity index (χ3v) is 5.09. The van der Waals surface area contributed by atoms with Gasteiger partial charge in [0.05, 0.1) is 0 Å². The van der Waals surface area contributed by atoms with Gasteiger partial charge in [-0.05, 0) is 49.3 Å². The van der Waals surface area contributed by atoms with Gasteiger partial charge in [-0.15, -0.1) is 12.4 Å². The lowest BCUT2D eigenvalue weighted by Gasteiger charge is -2.26. The monoisotopic (exact) mass is 300 g/mol. The van der Waals surface area contributed by atoms with E-state index in [1.165, 1.54) is 24.9 Å². The fraction of sp³-hybridized carbons (Fsp3) is 0.600. The van der Waals surface area contributed by atoms with E-state index in [4.69, 9.17) is 17.3 Å². The molecule has 3 rings (SSSR count). The van der Waals surface area contributed by atoms with Gasteiger partial charge in [0.25, 0.3) is 0 Å². The van der Waals surface area contributed by atoms with E-state index in [1.54, 1.807) is 0 Å². The van der Waals surface area contributed by atoms with E-state index in [2.05, 4.69) is 24.0 Å². The highest BCUT2D eigenvalue weighted by atomic mass is 35.5. The molecule has 0 aromatic heterocycles. The molecule has 19 heavy (non-hydrogen) atoms. The highest BCUT2D eigenvalue weighted by molar-refractivity contribution is 6.30. The minimum absolute atomic E-state index is 0. The summed E-state index contributed by atoms with van der Waals surface area (Å²) in [5.74, 6) is 1.55. The zero-order valence-electron chi connectivity index (χ0n) is 11.3. The van der Waals surface area contributed by atoms with Crippen LogP contribution in [0.5, 0.6) is 0 Å². The second-order valence-corrected chi connectivity index (χ2v) is 6.28. The van der Waals surface area contributed by atoms with Gasteiger partial charge in [-0.25, -0.2) is 0 Å². The molecule has 4 heteroatoms. The first-order valence-corrected chi connectivity index (χ1v) is 7.28. The number of likely N-dealkylation sites (tertiary alicyclic amines) is 1. The molecular weight excluding hydrogens is 279 g/mol. The van der Waals surface area contributed by atoms with Crippen molar-refractivity contribution in [1.82, 2.24) is 4.90 Å². The smallest absolute Gasteiger partial charge is 0.0406 e. The van der Waals surface area contributed by atoms with Gasteiger partial charge < -0.3 is 5.73 Å². The first-order chi connectivity index (χ1) is 8.65. The maximum absolute atomic E-state index is 6.20. The summed E-state index contributed by atoms with van der Waals surface area (Å²) in [6, 6.07) is 9.14. The second kappa shape index (κ2) is 6.01. The molecule has 0 radical (unpaired) electrons. The van der Waals surface area contributed by atoms with Crippen molar-refractivity contribution in [3.05, 3.63) is 34.9 Å². The van der Waals surface area contributed by atoms with Gasteiger partial charge in [0.15, 0.2) is 0 Å². The van der Waals surface area contributed by atoms with Crippen molar-refractivity contribution in [1.29, 1.82) is 0 Å². The number of hydrogen-bond donors (Lipinski definition) is 1. The SMILES string of the molecule is CC(c1ccc(Cl)cc1)N1CC2CCC(N)C2C1.Cl. The Bertz CT molecular complexity index is 421. The Labute approximate surface area is 126 Å². The van der Waals surface area contributed by atoms with Crippen molar-refractivity contribution in [2.24, 2.45) is 17.6 Å². The van der Waals surface area contributed by atoms with Crippen LogP contribution >= 0.6 is 24.0 Å². The van der Waals surface area contributed by atoms with Crippen LogP contribution in [-0.4, -0.2) is 24.0 Å². The third kappa shape index (κ3) is 2.92. The summed E-state index contributed by atoms with van der Waals surface area (Å²) in [6.45, 7) is 4.66. The molecule has 106 valence electrons.